The fraction of sp³-hybridized carbons (Fsp3) is 0.0769. The van der Waals surface area contributed by atoms with Crippen LogP contribution in [-0.2, 0) is 16.3 Å². The first-order chi connectivity index (χ1) is 8.61. The summed E-state index contributed by atoms with van der Waals surface area (Å²) >= 11 is 10.9. The average Bonchev–Trinajstić information content (AvgIpc) is 2.40. The van der Waals surface area contributed by atoms with E-state index in [1.54, 1.807) is 0 Å². The summed E-state index contributed by atoms with van der Waals surface area (Å²) in [5, 5.41) is 0. The number of hydrogen-bond donors (Lipinski definition) is 0. The van der Waals surface area contributed by atoms with Gasteiger partial charge in [-0.3, -0.25) is 0 Å². The lowest BCUT2D eigenvalue weighted by Crippen LogP contribution is -1.88. The lowest BCUT2D eigenvalue weighted by molar-refractivity contribution is 0.407. The summed E-state index contributed by atoms with van der Waals surface area (Å²) in [6.45, 7) is 0. The van der Waals surface area contributed by atoms with E-state index < -0.39 is 5.84 Å². The third kappa shape index (κ3) is 3.56. The van der Waals surface area contributed by atoms with Crippen LogP contribution in [0.2, 0.25) is 0 Å². The van der Waals surface area contributed by atoms with Crippen molar-refractivity contribution >= 4 is 28.9 Å². The van der Waals surface area contributed by atoms with Crippen LogP contribution in [0.1, 0.15) is 0 Å². The zero-order valence-corrected chi connectivity index (χ0v) is 12.2. The normalized spacial score (nSPS) is 13.9. The van der Waals surface area contributed by atoms with Gasteiger partial charge in [-0.25, -0.2) is 0 Å². The largest absolute Gasteiger partial charge is 0.433 e. The highest BCUT2D eigenvalue weighted by atomic mass is 35.7. The van der Waals surface area contributed by atoms with E-state index >= 15 is 0 Å². The van der Waals surface area contributed by atoms with Gasteiger partial charge in [0.05, 0.1) is 0 Å². The van der Waals surface area contributed by atoms with Crippen LogP contribution in [0.4, 0.5) is 0 Å². The molecule has 94 valence electrons. The molecule has 2 rings (SSSR count). The van der Waals surface area contributed by atoms with Crippen molar-refractivity contribution in [1.29, 1.82) is 0 Å². The van der Waals surface area contributed by atoms with Gasteiger partial charge in [0.25, 0.3) is 0 Å². The molecule has 0 aromatic heterocycles. The van der Waals surface area contributed by atoms with Crippen molar-refractivity contribution in [2.75, 3.05) is 7.11 Å². The maximum atomic E-state index is 5.89. The first-order valence-electron chi connectivity index (χ1n) is 5.31. The van der Waals surface area contributed by atoms with E-state index in [-0.39, 0.29) is 0 Å². The number of hydrogen-bond acceptors (Lipinski definition) is 3. The van der Waals surface area contributed by atoms with Crippen LogP contribution in [0.5, 0.6) is 5.75 Å². The van der Waals surface area contributed by atoms with Crippen LogP contribution in [0.15, 0.2) is 54.6 Å². The highest BCUT2D eigenvalue weighted by molar-refractivity contribution is 8.22. The van der Waals surface area contributed by atoms with Gasteiger partial charge in [0.15, 0.2) is 0 Å². The summed E-state index contributed by atoms with van der Waals surface area (Å²) in [5.74, 6) is -2.06. The molecule has 1 unspecified atom stereocenters. The van der Waals surface area contributed by atoms with Crippen LogP contribution in [-0.4, -0.2) is 7.11 Å². The second-order valence-electron chi connectivity index (χ2n) is 3.59. The zero-order valence-electron chi connectivity index (χ0n) is 9.75. The van der Waals surface area contributed by atoms with Gasteiger partial charge in [-0.05, 0) is 46.3 Å². The third-order valence-corrected chi connectivity index (χ3v) is 4.55. The Morgan fingerprint density at radius 1 is 0.944 bits per heavy atom. The molecule has 0 amide bonds. The van der Waals surface area contributed by atoms with Gasteiger partial charge in [0, 0.05) is 7.11 Å². The molecule has 5 heteroatoms. The van der Waals surface area contributed by atoms with Gasteiger partial charge in [-0.15, -0.1) is 0 Å². The highest BCUT2D eigenvalue weighted by Gasteiger charge is 2.14. The first kappa shape index (κ1) is 13.6. The predicted octanol–water partition coefficient (Wildman–Crippen LogP) is 4.84. The molecular formula is C13H12ClO2PS. The Bertz CT molecular complexity index is 557. The zero-order chi connectivity index (χ0) is 13.0. The molecule has 0 bridgehead atoms. The van der Waals surface area contributed by atoms with Crippen molar-refractivity contribution in [3.8, 4) is 16.9 Å². The third-order valence-electron chi connectivity index (χ3n) is 2.39. The summed E-state index contributed by atoms with van der Waals surface area (Å²) < 4.78 is 10.3. The average molecular weight is 299 g/mol. The summed E-state index contributed by atoms with van der Waals surface area (Å²) in [6, 6.07) is 17.7. The Morgan fingerprint density at radius 2 is 1.50 bits per heavy atom. The second kappa shape index (κ2) is 5.85. The molecule has 2 nitrogen and oxygen atoms in total. The lowest BCUT2D eigenvalue weighted by Gasteiger charge is -2.13. The summed E-state index contributed by atoms with van der Waals surface area (Å²) in [5.41, 5.74) is 2.27. The van der Waals surface area contributed by atoms with Crippen LogP contribution >= 0.6 is 17.1 Å². The standard InChI is InChI=1S/C13H12ClO2PS/c1-15-17(14,18)16-13-9-7-12(8-10-13)11-5-3-2-4-6-11/h2-10H,1H3. The fourth-order valence-electron chi connectivity index (χ4n) is 1.50. The van der Waals surface area contributed by atoms with E-state index in [1.807, 2.05) is 42.5 Å². The van der Waals surface area contributed by atoms with Gasteiger partial charge in [0.1, 0.15) is 5.75 Å². The minimum absolute atomic E-state index is 0.620. The molecule has 0 aliphatic carbocycles. The monoisotopic (exact) mass is 298 g/mol. The number of benzene rings is 2. The smallest absolute Gasteiger partial charge is 0.332 e. The van der Waals surface area contributed by atoms with E-state index in [2.05, 4.69) is 12.1 Å². The number of rotatable bonds is 4. The van der Waals surface area contributed by atoms with Crippen molar-refractivity contribution in [2.24, 2.45) is 0 Å². The molecule has 0 fully saturated rings. The molecule has 0 radical (unpaired) electrons. The highest BCUT2D eigenvalue weighted by Crippen LogP contribution is 2.52. The van der Waals surface area contributed by atoms with E-state index in [0.29, 0.717) is 5.75 Å². The van der Waals surface area contributed by atoms with Gasteiger partial charge in [-0.1, -0.05) is 42.5 Å². The van der Waals surface area contributed by atoms with Crippen LogP contribution in [0, 0.1) is 0 Å². The van der Waals surface area contributed by atoms with Gasteiger partial charge in [-0.2, -0.15) is 0 Å². The topological polar surface area (TPSA) is 18.5 Å². The van der Waals surface area contributed by atoms with Gasteiger partial charge >= 0.3 is 5.84 Å². The van der Waals surface area contributed by atoms with Crippen molar-refractivity contribution in [2.45, 2.75) is 0 Å². The van der Waals surface area contributed by atoms with E-state index in [0.717, 1.165) is 11.1 Å². The SMILES string of the molecule is COP(=S)(Cl)Oc1ccc(-c2ccccc2)cc1. The molecule has 0 spiro atoms. The minimum atomic E-state index is -2.68. The minimum Gasteiger partial charge on any atom is -0.433 e. The van der Waals surface area contributed by atoms with E-state index in [4.69, 9.17) is 32.1 Å². The molecule has 2 aromatic carbocycles. The lowest BCUT2D eigenvalue weighted by atomic mass is 10.1. The molecule has 2 aromatic rings. The van der Waals surface area contributed by atoms with Crippen molar-refractivity contribution in [1.82, 2.24) is 0 Å². The molecule has 1 atom stereocenters. The Kier molecular flexibility index (Phi) is 4.41. The van der Waals surface area contributed by atoms with Crippen molar-refractivity contribution in [3.05, 3.63) is 54.6 Å². The fourth-order valence-corrected chi connectivity index (χ4v) is 2.45. The van der Waals surface area contributed by atoms with Crippen molar-refractivity contribution in [3.63, 3.8) is 0 Å². The van der Waals surface area contributed by atoms with Gasteiger partial charge < -0.3 is 9.05 Å². The van der Waals surface area contributed by atoms with E-state index in [9.17, 15) is 0 Å². The van der Waals surface area contributed by atoms with Crippen LogP contribution in [0.25, 0.3) is 11.1 Å². The molecule has 0 saturated carbocycles. The van der Waals surface area contributed by atoms with Crippen LogP contribution in [0.3, 0.4) is 0 Å². The number of halogens is 1. The Hall–Kier alpha value is -0.860. The molecule has 0 heterocycles. The molecular weight excluding hydrogens is 287 g/mol. The first-order valence-corrected chi connectivity index (χ1v) is 8.85. The molecule has 0 saturated heterocycles. The Balaban J connectivity index is 2.19. The maximum absolute atomic E-state index is 5.89. The molecule has 0 aliphatic heterocycles. The predicted molar refractivity (Wildman–Crippen MR) is 79.7 cm³/mol. The van der Waals surface area contributed by atoms with Crippen LogP contribution < -0.4 is 4.52 Å². The summed E-state index contributed by atoms with van der Waals surface area (Å²) in [7, 11) is 1.45. The Labute approximate surface area is 116 Å². The maximum Gasteiger partial charge on any atom is 0.332 e. The summed E-state index contributed by atoms with van der Waals surface area (Å²) in [4.78, 5) is 0. The van der Waals surface area contributed by atoms with E-state index in [1.165, 1.54) is 7.11 Å². The quantitative estimate of drug-likeness (QED) is 0.752. The molecule has 0 aliphatic rings. The second-order valence-corrected chi connectivity index (χ2v) is 8.38. The molecule has 18 heavy (non-hydrogen) atoms. The van der Waals surface area contributed by atoms with Gasteiger partial charge in [0.2, 0.25) is 0 Å². The Morgan fingerprint density at radius 3 is 2.06 bits per heavy atom. The molecule has 0 N–H and O–H groups in total. The summed E-state index contributed by atoms with van der Waals surface area (Å²) in [6.07, 6.45) is 0. The van der Waals surface area contributed by atoms with Crippen molar-refractivity contribution < 1.29 is 9.05 Å².